The van der Waals surface area contributed by atoms with E-state index < -0.39 is 25.7 Å². The Morgan fingerprint density at radius 3 is 2.15 bits per heavy atom. The van der Waals surface area contributed by atoms with E-state index in [-0.39, 0.29) is 12.5 Å². The molecule has 0 saturated heterocycles. The largest absolute Gasteiger partial charge is 0.466 e. The maximum Gasteiger partial charge on any atom is 0.466 e. The van der Waals surface area contributed by atoms with Crippen molar-refractivity contribution in [3.8, 4) is 0 Å². The van der Waals surface area contributed by atoms with Crippen LogP contribution in [0.1, 0.15) is 50.7 Å². The maximum atomic E-state index is 12.5. The second-order valence-corrected chi connectivity index (χ2v) is 8.42. The van der Waals surface area contributed by atoms with Gasteiger partial charge in [-0.2, -0.15) is 13.2 Å². The highest BCUT2D eigenvalue weighted by atomic mass is 31.2. The summed E-state index contributed by atoms with van der Waals surface area (Å²) < 4.78 is 46.3. The van der Waals surface area contributed by atoms with Gasteiger partial charge in [0.05, 0.1) is 11.7 Å². The first kappa shape index (κ1) is 33.7. The molecule has 33 heavy (non-hydrogen) atoms. The van der Waals surface area contributed by atoms with E-state index in [9.17, 15) is 18.3 Å². The predicted molar refractivity (Wildman–Crippen MR) is 123 cm³/mol. The standard InChI is InChI=1S/C11H16F3NO.C10H14.CH4O.H3O4P/c1-7(15)2-3-8-4-5-10(16)9(6-8)11(12,13)14;1-3-5-10-7-4-6-9(2)8-10;1-2;1-5(2,3)4/h4,6-7,10,16H,2-3,5,15H2,1H3;4,6-8H,3,5H2,1-2H3;2H,1H3;(H3,1,2,3,4). The first-order chi connectivity index (χ1) is 15.1. The molecule has 1 aliphatic rings. The third kappa shape index (κ3) is 19.6. The molecule has 0 aliphatic heterocycles. The topological polar surface area (TPSA) is 144 Å². The summed E-state index contributed by atoms with van der Waals surface area (Å²) in [5, 5.41) is 16.2. The Bertz CT molecular complexity index is 767. The van der Waals surface area contributed by atoms with Crippen molar-refractivity contribution in [1.29, 1.82) is 0 Å². The van der Waals surface area contributed by atoms with Crippen LogP contribution in [0.2, 0.25) is 0 Å². The fourth-order valence-corrected chi connectivity index (χ4v) is 2.74. The summed E-state index contributed by atoms with van der Waals surface area (Å²) >= 11 is 0. The number of allylic oxidation sites excluding steroid dienone is 2. The van der Waals surface area contributed by atoms with Crippen molar-refractivity contribution >= 4 is 7.82 Å². The average molecular weight is 500 g/mol. The maximum absolute atomic E-state index is 12.5. The van der Waals surface area contributed by atoms with E-state index in [1.807, 2.05) is 6.92 Å². The Balaban J connectivity index is 0. The lowest BCUT2D eigenvalue weighted by Gasteiger charge is -2.21. The number of benzene rings is 1. The van der Waals surface area contributed by atoms with Crippen molar-refractivity contribution in [2.75, 3.05) is 7.11 Å². The zero-order chi connectivity index (χ0) is 26.2. The minimum Gasteiger partial charge on any atom is -0.400 e. The van der Waals surface area contributed by atoms with Crippen LogP contribution in [0.15, 0.2) is 47.6 Å². The van der Waals surface area contributed by atoms with Crippen LogP contribution < -0.4 is 5.73 Å². The van der Waals surface area contributed by atoms with Gasteiger partial charge in [-0.25, -0.2) is 4.57 Å². The first-order valence-corrected chi connectivity index (χ1v) is 11.9. The van der Waals surface area contributed by atoms with Crippen LogP contribution in [-0.2, 0) is 11.0 Å². The van der Waals surface area contributed by atoms with E-state index in [1.165, 1.54) is 24.0 Å². The third-order valence-electron chi connectivity index (χ3n) is 4.14. The van der Waals surface area contributed by atoms with E-state index in [2.05, 4.69) is 38.1 Å². The van der Waals surface area contributed by atoms with Crippen LogP contribution >= 0.6 is 7.82 Å². The van der Waals surface area contributed by atoms with Gasteiger partial charge >= 0.3 is 14.0 Å². The van der Waals surface area contributed by atoms with Crippen LogP contribution in [0.5, 0.6) is 0 Å². The number of aliphatic hydroxyl groups excluding tert-OH is 2. The second-order valence-electron chi connectivity index (χ2n) is 7.40. The fourth-order valence-electron chi connectivity index (χ4n) is 2.74. The summed E-state index contributed by atoms with van der Waals surface area (Å²) in [6.45, 7) is 6.16. The molecule has 1 aromatic carbocycles. The Morgan fingerprint density at radius 2 is 1.73 bits per heavy atom. The van der Waals surface area contributed by atoms with E-state index in [4.69, 9.17) is 30.1 Å². The van der Waals surface area contributed by atoms with Crippen molar-refractivity contribution in [3.63, 3.8) is 0 Å². The Labute approximate surface area is 193 Å². The molecule has 7 N–H and O–H groups in total. The summed E-state index contributed by atoms with van der Waals surface area (Å²) in [5.74, 6) is 0. The Morgan fingerprint density at radius 1 is 1.18 bits per heavy atom. The van der Waals surface area contributed by atoms with Gasteiger partial charge < -0.3 is 30.6 Å². The van der Waals surface area contributed by atoms with E-state index in [0.717, 1.165) is 13.2 Å². The molecule has 0 radical (unpaired) electrons. The van der Waals surface area contributed by atoms with E-state index >= 15 is 0 Å². The number of phosphoric acid groups is 1. The number of hydrogen-bond donors (Lipinski definition) is 6. The average Bonchev–Trinajstić information content (AvgIpc) is 2.67. The van der Waals surface area contributed by atoms with Crippen LogP contribution in [-0.4, -0.2) is 50.3 Å². The molecule has 0 aromatic heterocycles. The molecule has 0 fully saturated rings. The van der Waals surface area contributed by atoms with Gasteiger partial charge in [0.15, 0.2) is 0 Å². The zero-order valence-electron chi connectivity index (χ0n) is 19.5. The number of rotatable bonds is 5. The first-order valence-electron chi connectivity index (χ1n) is 10.3. The number of halogens is 3. The summed E-state index contributed by atoms with van der Waals surface area (Å²) in [7, 11) is -3.64. The van der Waals surface area contributed by atoms with Crippen molar-refractivity contribution in [1.82, 2.24) is 0 Å². The number of alkyl halides is 3. The summed E-state index contributed by atoms with van der Waals surface area (Å²) in [4.78, 5) is 21.6. The van der Waals surface area contributed by atoms with Crippen molar-refractivity contribution in [3.05, 3.63) is 58.7 Å². The molecule has 2 rings (SSSR count). The number of aliphatic hydroxyl groups is 2. The summed E-state index contributed by atoms with van der Waals surface area (Å²) in [5.41, 5.74) is 8.12. The van der Waals surface area contributed by atoms with Crippen LogP contribution in [0.4, 0.5) is 13.2 Å². The van der Waals surface area contributed by atoms with Gasteiger partial charge in [-0.1, -0.05) is 54.8 Å². The molecular weight excluding hydrogens is 462 g/mol. The number of nitrogens with two attached hydrogens (primary N) is 1. The van der Waals surface area contributed by atoms with E-state index in [0.29, 0.717) is 18.4 Å². The van der Waals surface area contributed by atoms with Crippen LogP contribution in [0.3, 0.4) is 0 Å². The highest BCUT2D eigenvalue weighted by Gasteiger charge is 2.38. The van der Waals surface area contributed by atoms with E-state index in [1.54, 1.807) is 6.08 Å². The minimum atomic E-state index is -4.64. The van der Waals surface area contributed by atoms with Crippen molar-refractivity contribution in [2.24, 2.45) is 5.73 Å². The highest BCUT2D eigenvalue weighted by molar-refractivity contribution is 7.45. The zero-order valence-corrected chi connectivity index (χ0v) is 20.4. The SMILES string of the molecule is CC(N)CCC1=CCC(O)C(C(F)(F)F)=C1.CCCc1cccc(C)c1.CO.O=P(O)(O)O. The van der Waals surface area contributed by atoms with Gasteiger partial charge in [-0.05, 0) is 51.2 Å². The smallest absolute Gasteiger partial charge is 0.400 e. The molecule has 1 aromatic rings. The molecule has 2 atom stereocenters. The third-order valence-corrected chi connectivity index (χ3v) is 4.14. The van der Waals surface area contributed by atoms with Crippen molar-refractivity contribution < 1.29 is 42.6 Å². The monoisotopic (exact) mass is 499 g/mol. The van der Waals surface area contributed by atoms with Gasteiger partial charge in [0.25, 0.3) is 0 Å². The van der Waals surface area contributed by atoms with Gasteiger partial charge in [0, 0.05) is 13.2 Å². The lowest BCUT2D eigenvalue weighted by molar-refractivity contribution is -0.105. The van der Waals surface area contributed by atoms with Gasteiger partial charge in [-0.15, -0.1) is 0 Å². The number of hydrogen-bond acceptors (Lipinski definition) is 4. The second kappa shape index (κ2) is 17.0. The quantitative estimate of drug-likeness (QED) is 0.337. The van der Waals surface area contributed by atoms with Gasteiger partial charge in [-0.3, -0.25) is 0 Å². The fraction of sp³-hybridized carbons (Fsp3) is 0.545. The highest BCUT2D eigenvalue weighted by Crippen LogP contribution is 2.34. The van der Waals surface area contributed by atoms with Gasteiger partial charge in [0.1, 0.15) is 0 Å². The molecule has 0 saturated carbocycles. The molecule has 192 valence electrons. The van der Waals surface area contributed by atoms with Gasteiger partial charge in [0.2, 0.25) is 0 Å². The minimum absolute atomic E-state index is 0.0274. The molecule has 0 amide bonds. The molecule has 0 spiro atoms. The molecule has 0 heterocycles. The molecule has 0 bridgehead atoms. The lowest BCUT2D eigenvalue weighted by Crippen LogP contribution is -2.26. The van der Waals surface area contributed by atoms with Crippen LogP contribution in [0, 0.1) is 6.92 Å². The predicted octanol–water partition coefficient (Wildman–Crippen LogP) is 3.92. The summed E-state index contributed by atoms with van der Waals surface area (Å²) in [6.07, 6.45) is 0.434. The normalized spacial score (nSPS) is 16.5. The number of aryl methyl sites for hydroxylation is 2. The van der Waals surface area contributed by atoms with Crippen molar-refractivity contribution in [2.45, 2.75) is 71.2 Å². The van der Waals surface area contributed by atoms with Crippen LogP contribution in [0.25, 0.3) is 0 Å². The Hall–Kier alpha value is -1.52. The Kier molecular flexibility index (Phi) is 17.3. The lowest BCUT2D eigenvalue weighted by atomic mass is 9.93. The molecular formula is C22H37F3NO6P. The summed E-state index contributed by atoms with van der Waals surface area (Å²) in [6, 6.07) is 8.68. The molecule has 1 aliphatic carbocycles. The molecule has 11 heteroatoms. The molecule has 2 unspecified atom stereocenters. The molecule has 7 nitrogen and oxygen atoms in total.